The number of nitrogens with one attached hydrogen (secondary N) is 2. The van der Waals surface area contributed by atoms with Crippen LogP contribution in [0.3, 0.4) is 0 Å². The lowest BCUT2D eigenvalue weighted by Gasteiger charge is -2.09. The van der Waals surface area contributed by atoms with Crippen molar-refractivity contribution in [3.05, 3.63) is 23.2 Å². The van der Waals surface area contributed by atoms with Crippen LogP contribution in [0.15, 0.2) is 18.2 Å². The van der Waals surface area contributed by atoms with Gasteiger partial charge >= 0.3 is 0 Å². The van der Waals surface area contributed by atoms with E-state index in [4.69, 9.17) is 11.6 Å². The van der Waals surface area contributed by atoms with E-state index in [1.165, 1.54) is 19.8 Å². The lowest BCUT2D eigenvalue weighted by Crippen LogP contribution is -2.07. The van der Waals surface area contributed by atoms with Gasteiger partial charge < -0.3 is 10.6 Å². The van der Waals surface area contributed by atoms with E-state index < -0.39 is 0 Å². The molecule has 1 amide bonds. The number of anilines is 2. The Kier molecular flexibility index (Phi) is 2.82. The molecule has 0 aromatic heterocycles. The number of halogens is 1. The average Bonchev–Trinajstić information content (AvgIpc) is 2.94. The van der Waals surface area contributed by atoms with Crippen LogP contribution < -0.4 is 10.6 Å². The number of carbonyl (C=O) groups is 1. The molecule has 0 radical (unpaired) electrons. The van der Waals surface area contributed by atoms with Crippen LogP contribution in [0.5, 0.6) is 0 Å². The van der Waals surface area contributed by atoms with Gasteiger partial charge in [0.25, 0.3) is 0 Å². The zero-order valence-electron chi connectivity index (χ0n) is 8.51. The zero-order valence-corrected chi connectivity index (χ0v) is 9.27. The third-order valence-electron chi connectivity index (χ3n) is 2.23. The fourth-order valence-electron chi connectivity index (χ4n) is 1.36. The maximum absolute atomic E-state index is 10.9. The Morgan fingerprint density at radius 2 is 2.20 bits per heavy atom. The predicted octanol–water partition coefficient (Wildman–Crippen LogP) is 2.87. The second kappa shape index (κ2) is 4.11. The number of rotatable bonds is 3. The van der Waals surface area contributed by atoms with Crippen molar-refractivity contribution in [3.8, 4) is 0 Å². The molecule has 80 valence electrons. The molecule has 2 rings (SSSR count). The molecule has 1 aromatic rings. The minimum Gasteiger partial charge on any atom is -0.382 e. The summed E-state index contributed by atoms with van der Waals surface area (Å²) in [7, 11) is 0. The molecule has 1 aliphatic carbocycles. The first kappa shape index (κ1) is 10.3. The van der Waals surface area contributed by atoms with Crippen LogP contribution in [0.4, 0.5) is 11.4 Å². The fourth-order valence-corrected chi connectivity index (χ4v) is 1.53. The summed E-state index contributed by atoms with van der Waals surface area (Å²) in [6.07, 6.45) is 2.44. The van der Waals surface area contributed by atoms with E-state index in [2.05, 4.69) is 10.6 Å². The van der Waals surface area contributed by atoms with E-state index in [9.17, 15) is 4.79 Å². The van der Waals surface area contributed by atoms with Crippen LogP contribution in [0.25, 0.3) is 0 Å². The van der Waals surface area contributed by atoms with Gasteiger partial charge in [-0.15, -0.1) is 0 Å². The van der Waals surface area contributed by atoms with Crippen LogP contribution >= 0.6 is 11.6 Å². The molecule has 2 N–H and O–H groups in total. The molecule has 4 heteroatoms. The molecule has 3 nitrogen and oxygen atoms in total. The van der Waals surface area contributed by atoms with Crippen molar-refractivity contribution in [2.45, 2.75) is 25.8 Å². The van der Waals surface area contributed by atoms with Crippen LogP contribution in [0.2, 0.25) is 5.02 Å². The lowest BCUT2D eigenvalue weighted by atomic mass is 10.2. The van der Waals surface area contributed by atoms with Gasteiger partial charge in [0, 0.05) is 18.7 Å². The molecular formula is C11H13ClN2O. The largest absolute Gasteiger partial charge is 0.382 e. The van der Waals surface area contributed by atoms with Crippen LogP contribution in [0.1, 0.15) is 19.8 Å². The highest BCUT2D eigenvalue weighted by molar-refractivity contribution is 6.33. The van der Waals surface area contributed by atoms with Gasteiger partial charge in [0.05, 0.1) is 10.7 Å². The van der Waals surface area contributed by atoms with Crippen LogP contribution in [-0.4, -0.2) is 11.9 Å². The fraction of sp³-hybridized carbons (Fsp3) is 0.364. The number of hydrogen-bond acceptors (Lipinski definition) is 2. The van der Waals surface area contributed by atoms with Crippen LogP contribution in [0, 0.1) is 0 Å². The Morgan fingerprint density at radius 3 is 2.80 bits per heavy atom. The van der Waals surface area contributed by atoms with E-state index in [1.54, 1.807) is 6.07 Å². The molecule has 1 aromatic carbocycles. The Morgan fingerprint density at radius 1 is 1.47 bits per heavy atom. The van der Waals surface area contributed by atoms with Gasteiger partial charge in [-0.1, -0.05) is 11.6 Å². The molecule has 15 heavy (non-hydrogen) atoms. The van der Waals surface area contributed by atoms with Gasteiger partial charge in [-0.05, 0) is 31.0 Å². The van der Waals surface area contributed by atoms with Crippen molar-refractivity contribution in [2.75, 3.05) is 10.6 Å². The normalized spacial score (nSPS) is 14.8. The average molecular weight is 225 g/mol. The minimum atomic E-state index is -0.111. The smallest absolute Gasteiger partial charge is 0.221 e. The van der Waals surface area contributed by atoms with E-state index in [0.29, 0.717) is 16.8 Å². The summed E-state index contributed by atoms with van der Waals surface area (Å²) in [6.45, 7) is 1.47. The molecule has 0 heterocycles. The lowest BCUT2D eigenvalue weighted by molar-refractivity contribution is -0.114. The highest BCUT2D eigenvalue weighted by Gasteiger charge is 2.20. The first-order valence-corrected chi connectivity index (χ1v) is 5.36. The summed E-state index contributed by atoms with van der Waals surface area (Å²) in [4.78, 5) is 10.9. The van der Waals surface area contributed by atoms with E-state index in [1.807, 2.05) is 12.1 Å². The van der Waals surface area contributed by atoms with Crippen molar-refractivity contribution in [2.24, 2.45) is 0 Å². The van der Waals surface area contributed by atoms with Crippen molar-refractivity contribution < 1.29 is 4.79 Å². The predicted molar refractivity (Wildman–Crippen MR) is 62.4 cm³/mol. The van der Waals surface area contributed by atoms with E-state index >= 15 is 0 Å². The third-order valence-corrected chi connectivity index (χ3v) is 2.55. The summed E-state index contributed by atoms with van der Waals surface area (Å²) >= 11 is 5.95. The molecule has 1 aliphatic rings. The first-order chi connectivity index (χ1) is 7.15. The zero-order chi connectivity index (χ0) is 10.8. The molecule has 0 bridgehead atoms. The van der Waals surface area contributed by atoms with Crippen molar-refractivity contribution >= 4 is 28.9 Å². The maximum atomic E-state index is 10.9. The van der Waals surface area contributed by atoms with Crippen molar-refractivity contribution in [1.82, 2.24) is 0 Å². The molecule has 0 aliphatic heterocycles. The Bertz CT molecular complexity index is 388. The van der Waals surface area contributed by atoms with Gasteiger partial charge in [-0.25, -0.2) is 0 Å². The van der Waals surface area contributed by atoms with Crippen molar-refractivity contribution in [3.63, 3.8) is 0 Å². The summed E-state index contributed by atoms with van der Waals surface area (Å²) in [6, 6.07) is 6.17. The number of carbonyl (C=O) groups excluding carboxylic acids is 1. The third kappa shape index (κ3) is 2.86. The SMILES string of the molecule is CC(=O)Nc1cc(NC2CC2)ccc1Cl. The summed E-state index contributed by atoms with van der Waals surface area (Å²) in [5, 5.41) is 6.60. The van der Waals surface area contributed by atoms with Gasteiger partial charge in [-0.2, -0.15) is 0 Å². The summed E-state index contributed by atoms with van der Waals surface area (Å²) in [5.74, 6) is -0.111. The van der Waals surface area contributed by atoms with Gasteiger partial charge in [0.1, 0.15) is 0 Å². The minimum absolute atomic E-state index is 0.111. The van der Waals surface area contributed by atoms with Gasteiger partial charge in [0.2, 0.25) is 5.91 Å². The van der Waals surface area contributed by atoms with E-state index in [-0.39, 0.29) is 5.91 Å². The quantitative estimate of drug-likeness (QED) is 0.829. The van der Waals surface area contributed by atoms with Crippen LogP contribution in [-0.2, 0) is 4.79 Å². The molecule has 1 fully saturated rings. The number of hydrogen-bond donors (Lipinski definition) is 2. The molecule has 1 saturated carbocycles. The highest BCUT2D eigenvalue weighted by atomic mass is 35.5. The van der Waals surface area contributed by atoms with Gasteiger partial charge in [0.15, 0.2) is 0 Å². The van der Waals surface area contributed by atoms with Crippen molar-refractivity contribution in [1.29, 1.82) is 0 Å². The first-order valence-electron chi connectivity index (χ1n) is 4.99. The molecule has 0 saturated heterocycles. The highest BCUT2D eigenvalue weighted by Crippen LogP contribution is 2.29. The topological polar surface area (TPSA) is 41.1 Å². The maximum Gasteiger partial charge on any atom is 0.221 e. The standard InChI is InChI=1S/C11H13ClN2O/c1-7(15)13-11-6-9(4-5-10(11)12)14-8-2-3-8/h4-6,8,14H,2-3H2,1H3,(H,13,15). The second-order valence-corrected chi connectivity index (χ2v) is 4.20. The molecule has 0 unspecified atom stereocenters. The Hall–Kier alpha value is -1.22. The second-order valence-electron chi connectivity index (χ2n) is 3.79. The summed E-state index contributed by atoms with van der Waals surface area (Å²) < 4.78 is 0. The molecule has 0 spiro atoms. The Labute approximate surface area is 93.8 Å². The number of benzene rings is 1. The molecule has 0 atom stereocenters. The monoisotopic (exact) mass is 224 g/mol. The Balaban J connectivity index is 2.15. The van der Waals surface area contributed by atoms with Gasteiger partial charge in [-0.3, -0.25) is 4.79 Å². The number of amides is 1. The summed E-state index contributed by atoms with van der Waals surface area (Å²) in [5.41, 5.74) is 1.67. The molecular weight excluding hydrogens is 212 g/mol. The van der Waals surface area contributed by atoms with E-state index in [0.717, 1.165) is 5.69 Å².